The molecule has 4 nitrogen and oxygen atoms in total. The van der Waals surface area contributed by atoms with Crippen LogP contribution in [0.3, 0.4) is 0 Å². The van der Waals surface area contributed by atoms with E-state index in [4.69, 9.17) is 35.9 Å². The zero-order chi connectivity index (χ0) is 19.4. The average molecular weight is 622 g/mol. The number of nitrogens with zero attached hydrogens (tertiary/aromatic N) is 2. The van der Waals surface area contributed by atoms with Gasteiger partial charge in [0.15, 0.2) is 24.8 Å². The molecule has 0 spiro atoms. The molecule has 2 aromatic rings. The second-order valence-corrected chi connectivity index (χ2v) is 8.12. The minimum atomic E-state index is -0.0799. The van der Waals surface area contributed by atoms with E-state index in [9.17, 15) is 0 Å². The predicted octanol–water partition coefficient (Wildman–Crippen LogP) is 2.64. The van der Waals surface area contributed by atoms with E-state index in [1.54, 1.807) is 0 Å². The summed E-state index contributed by atoms with van der Waals surface area (Å²) in [6.07, 6.45) is 11.8. The number of hydrogen-bond acceptors (Lipinski definition) is 2. The molecule has 146 valence electrons. The molecule has 0 aliphatic heterocycles. The van der Waals surface area contributed by atoms with Crippen molar-refractivity contribution in [3.8, 4) is 0 Å². The molecule has 2 N–H and O–H groups in total. The molecule has 1 aliphatic carbocycles. The fourth-order valence-corrected chi connectivity index (χ4v) is 2.74. The van der Waals surface area contributed by atoms with Gasteiger partial charge < -0.3 is 11.5 Å². The van der Waals surface area contributed by atoms with Crippen LogP contribution >= 0.6 is 24.4 Å². The van der Waals surface area contributed by atoms with E-state index in [2.05, 4.69) is 25.3 Å². The van der Waals surface area contributed by atoms with Gasteiger partial charge in [0.05, 0.1) is 49.7 Å². The first kappa shape index (κ1) is 26.8. The summed E-state index contributed by atoms with van der Waals surface area (Å²) in [5, 5.41) is 0. The van der Waals surface area contributed by atoms with Crippen LogP contribution in [0.4, 0.5) is 0 Å². The summed E-state index contributed by atoms with van der Waals surface area (Å²) < 4.78 is 4.98. The number of aromatic nitrogens is 2. The number of pyridine rings is 2. The number of nitrogens with one attached hydrogen (secondary N) is 2. The smallest absolute Gasteiger partial charge is 0.676 e. The normalized spacial score (nSPS) is 17.8. The Bertz CT molecular complexity index is 614. The van der Waals surface area contributed by atoms with Gasteiger partial charge in [0.2, 0.25) is 0 Å². The van der Waals surface area contributed by atoms with E-state index in [0.29, 0.717) is 8.64 Å². The average Bonchev–Trinajstić information content (AvgIpc) is 2.66. The van der Waals surface area contributed by atoms with Crippen LogP contribution in [0.5, 0.6) is 0 Å². The standard InChI is InChI=1S/C6H12N2.2C6H5NS2.Pt/c7-5-3-1-2-4-6(5)8;2*8-6(9)7-4-2-1-3-5-7;/h5-8H,1-4H2;2*1-5H;/q-2;;;+4/p+4. The Labute approximate surface area is 197 Å². The van der Waals surface area contributed by atoms with Crippen LogP contribution in [0.2, 0.25) is 0 Å². The molecular formula is C18H26N4PtS4+6. The van der Waals surface area contributed by atoms with E-state index in [1.807, 2.05) is 70.3 Å². The Morgan fingerprint density at radius 3 is 1.19 bits per heavy atom. The van der Waals surface area contributed by atoms with E-state index in [1.165, 1.54) is 12.8 Å². The van der Waals surface area contributed by atoms with Crippen LogP contribution in [0, 0.1) is 0 Å². The summed E-state index contributed by atoms with van der Waals surface area (Å²) in [6.45, 7) is 0. The summed E-state index contributed by atoms with van der Waals surface area (Å²) in [5.41, 5.74) is 14.6. The second-order valence-electron chi connectivity index (χ2n) is 5.67. The van der Waals surface area contributed by atoms with Crippen molar-refractivity contribution in [2.24, 2.45) is 0 Å². The van der Waals surface area contributed by atoms with Crippen molar-refractivity contribution in [2.45, 2.75) is 37.8 Å². The molecule has 1 saturated carbocycles. The van der Waals surface area contributed by atoms with Gasteiger partial charge in [-0.3, -0.25) is 0 Å². The Morgan fingerprint density at radius 1 is 0.704 bits per heavy atom. The van der Waals surface area contributed by atoms with Gasteiger partial charge in [0.25, 0.3) is 0 Å². The largest absolute Gasteiger partial charge is 4.00 e. The maximum absolute atomic E-state index is 7.29. The van der Waals surface area contributed by atoms with Crippen LogP contribution in [-0.4, -0.2) is 20.7 Å². The monoisotopic (exact) mass is 621 g/mol. The fraction of sp³-hybridized carbons (Fsp3) is 0.333. The summed E-state index contributed by atoms with van der Waals surface area (Å²) in [6, 6.07) is 11.4. The van der Waals surface area contributed by atoms with Crippen LogP contribution < -0.4 is 9.13 Å². The molecule has 3 rings (SSSR count). The molecule has 0 bridgehead atoms. The summed E-state index contributed by atoms with van der Waals surface area (Å²) in [7, 11) is 0. The molecule has 2 heterocycles. The molecule has 27 heavy (non-hydrogen) atoms. The minimum absolute atomic E-state index is 0. The van der Waals surface area contributed by atoms with E-state index in [-0.39, 0.29) is 33.1 Å². The SMILES string of the molecule is S=C([SH2+])[n+]1ccccc1.S=C([SH2+])[n+]1ccccc1.[NH-]C1CCCCC1[NH-].[Pt+4]. The maximum Gasteiger partial charge on any atom is 4.00 e. The van der Waals surface area contributed by atoms with E-state index >= 15 is 0 Å². The first-order chi connectivity index (χ1) is 12.4. The minimum Gasteiger partial charge on any atom is -0.676 e. The maximum atomic E-state index is 7.29. The Kier molecular flexibility index (Phi) is 15.6. The van der Waals surface area contributed by atoms with Crippen LogP contribution in [-0.2, 0) is 46.3 Å². The predicted molar refractivity (Wildman–Crippen MR) is 124 cm³/mol. The molecule has 0 amide bonds. The van der Waals surface area contributed by atoms with Crippen molar-refractivity contribution in [1.82, 2.24) is 0 Å². The number of rotatable bonds is 0. The Hall–Kier alpha value is -0.212. The molecule has 1 aliphatic rings. The summed E-state index contributed by atoms with van der Waals surface area (Å²) >= 11 is 16.1. The van der Waals surface area contributed by atoms with Gasteiger partial charge in [0.1, 0.15) is 0 Å². The van der Waals surface area contributed by atoms with Crippen molar-refractivity contribution < 1.29 is 30.2 Å². The van der Waals surface area contributed by atoms with Crippen molar-refractivity contribution >= 4 is 58.3 Å². The molecule has 2 unspecified atom stereocenters. The fourth-order valence-electron chi connectivity index (χ4n) is 2.20. The van der Waals surface area contributed by atoms with E-state index in [0.717, 1.165) is 12.8 Å². The second kappa shape index (κ2) is 15.7. The Balaban J connectivity index is 0.000000369. The summed E-state index contributed by atoms with van der Waals surface area (Å²) in [4.78, 5) is 0. The van der Waals surface area contributed by atoms with Crippen molar-refractivity contribution in [3.05, 3.63) is 72.7 Å². The van der Waals surface area contributed by atoms with Crippen LogP contribution in [0.25, 0.3) is 11.5 Å². The number of thiocarbonyl (C=S) groups is 2. The third-order valence-electron chi connectivity index (χ3n) is 3.67. The van der Waals surface area contributed by atoms with Crippen LogP contribution in [0.15, 0.2) is 61.2 Å². The van der Waals surface area contributed by atoms with Gasteiger partial charge in [-0.15, -0.1) is 9.13 Å². The van der Waals surface area contributed by atoms with Gasteiger partial charge >= 0.3 is 29.7 Å². The zero-order valence-corrected chi connectivity index (χ0v) is 20.7. The van der Waals surface area contributed by atoms with E-state index < -0.39 is 0 Å². The molecule has 2 atom stereocenters. The molecule has 9 heteroatoms. The summed E-state index contributed by atoms with van der Waals surface area (Å²) in [5.74, 6) is 0. The van der Waals surface area contributed by atoms with Gasteiger partial charge in [-0.05, 0) is 0 Å². The van der Waals surface area contributed by atoms with Crippen molar-refractivity contribution in [1.29, 1.82) is 0 Å². The third kappa shape index (κ3) is 12.1. The third-order valence-corrected chi connectivity index (χ3v) is 4.60. The van der Waals surface area contributed by atoms with Crippen LogP contribution in [0.1, 0.15) is 25.7 Å². The topological polar surface area (TPSA) is 55.4 Å². The molecule has 2 aromatic heterocycles. The Morgan fingerprint density at radius 2 is 1.00 bits per heavy atom. The number of hydrogen-bond donors (Lipinski definition) is 0. The molecule has 0 aromatic carbocycles. The van der Waals surface area contributed by atoms with Gasteiger partial charge in [0, 0.05) is 24.3 Å². The first-order valence-corrected chi connectivity index (χ1v) is 10.1. The van der Waals surface area contributed by atoms with Gasteiger partial charge in [-0.1, -0.05) is 37.8 Å². The van der Waals surface area contributed by atoms with Gasteiger partial charge in [-0.2, -0.15) is 12.1 Å². The quantitative estimate of drug-likeness (QED) is 0.258. The van der Waals surface area contributed by atoms with Gasteiger partial charge in [-0.25, -0.2) is 0 Å². The zero-order valence-electron chi connectivity index (χ0n) is 14.8. The molecule has 0 radical (unpaired) electrons. The molecule has 1 fully saturated rings. The molecule has 0 saturated heterocycles. The first-order valence-electron chi connectivity index (χ1n) is 8.28. The van der Waals surface area contributed by atoms with Crippen molar-refractivity contribution in [3.63, 3.8) is 0 Å². The van der Waals surface area contributed by atoms with Crippen molar-refractivity contribution in [2.75, 3.05) is 0 Å². The molecular weight excluding hydrogens is 596 g/mol.